The molecule has 0 saturated heterocycles. The van der Waals surface area contributed by atoms with E-state index in [-0.39, 0.29) is 0 Å². The molecule has 4 nitrogen and oxygen atoms in total. The molecule has 0 spiro atoms. The first-order valence-corrected chi connectivity index (χ1v) is 5.17. The minimum atomic E-state index is -1.46. The molecule has 1 aromatic carbocycles. The third kappa shape index (κ3) is 2.19. The second-order valence-corrected chi connectivity index (χ2v) is 3.79. The van der Waals surface area contributed by atoms with Gasteiger partial charge in [0, 0.05) is 0 Å². The van der Waals surface area contributed by atoms with E-state index in [1.54, 1.807) is 24.3 Å². The minimum absolute atomic E-state index is 0.557. The maximum atomic E-state index is 10.5. The fraction of sp³-hybridized carbons (Fsp3) is 0. The van der Waals surface area contributed by atoms with Gasteiger partial charge in [-0.2, -0.15) is 0 Å². The third-order valence-electron chi connectivity index (χ3n) is 1.19. The zero-order valence-electron chi connectivity index (χ0n) is 5.64. The van der Waals surface area contributed by atoms with Gasteiger partial charge in [-0.3, -0.25) is 0 Å². The molecule has 0 saturated carbocycles. The van der Waals surface area contributed by atoms with Crippen molar-refractivity contribution >= 4 is 25.7 Å². The molecule has 0 aromatic heterocycles. The van der Waals surface area contributed by atoms with Crippen molar-refractivity contribution < 1.29 is 3.74 Å². The molecule has 11 heavy (non-hydrogen) atoms. The predicted octanol–water partition coefficient (Wildman–Crippen LogP) is 0.768. The van der Waals surface area contributed by atoms with Crippen LogP contribution >= 0.6 is 0 Å². The van der Waals surface area contributed by atoms with E-state index < -0.39 is 15.7 Å². The van der Waals surface area contributed by atoms with Gasteiger partial charge in [0.1, 0.15) is 0 Å². The molecule has 5 heteroatoms. The molecule has 56 valence electrons. The molecule has 1 atom stereocenters. The normalized spacial score (nSPS) is 9.82. The van der Waals surface area contributed by atoms with Crippen LogP contribution in [0.5, 0.6) is 0 Å². The fourth-order valence-corrected chi connectivity index (χ4v) is 1.40. The Hall–Kier alpha value is -1.11. The van der Waals surface area contributed by atoms with Crippen LogP contribution in [-0.2, 0) is 3.74 Å². The number of azide groups is 1. The molecule has 0 radical (unpaired) electrons. The molecule has 0 bridgehead atoms. The van der Waals surface area contributed by atoms with Crippen molar-refractivity contribution in [1.29, 1.82) is 0 Å². The Balaban J connectivity index is 2.99. The monoisotopic (exact) mass is 211 g/mol. The predicted molar refractivity (Wildman–Crippen MR) is 44.1 cm³/mol. The van der Waals surface area contributed by atoms with Gasteiger partial charge in [0.25, 0.3) is 0 Å². The van der Waals surface area contributed by atoms with E-state index in [0.29, 0.717) is 5.69 Å². The summed E-state index contributed by atoms with van der Waals surface area (Å²) in [4.78, 5) is 2.62. The number of nitrogens with zero attached hydrogens (tertiary/aromatic N) is 3. The maximum absolute atomic E-state index is 10.5. The van der Waals surface area contributed by atoms with Crippen LogP contribution in [0.15, 0.2) is 29.4 Å². The van der Waals surface area contributed by atoms with E-state index in [4.69, 9.17) is 5.53 Å². The van der Waals surface area contributed by atoms with E-state index >= 15 is 0 Å². The van der Waals surface area contributed by atoms with Crippen LogP contribution in [0, 0.1) is 0 Å². The SMILES string of the molecule is [N-]=[N+]=Nc1ccc([AsH2]=O)cc1. The summed E-state index contributed by atoms with van der Waals surface area (Å²) in [5.41, 5.74) is 8.61. The van der Waals surface area contributed by atoms with E-state index in [1.807, 2.05) is 0 Å². The Morgan fingerprint density at radius 2 is 2.00 bits per heavy atom. The third-order valence-corrected chi connectivity index (χ3v) is 2.57. The van der Waals surface area contributed by atoms with E-state index in [2.05, 4.69) is 10.0 Å². The van der Waals surface area contributed by atoms with Crippen molar-refractivity contribution in [3.05, 3.63) is 34.7 Å². The van der Waals surface area contributed by atoms with Crippen LogP contribution in [0.4, 0.5) is 5.69 Å². The number of hydrogen-bond acceptors (Lipinski definition) is 2. The molecule has 0 aliphatic carbocycles. The fourth-order valence-electron chi connectivity index (χ4n) is 0.671. The van der Waals surface area contributed by atoms with Gasteiger partial charge in [-0.25, -0.2) is 0 Å². The number of benzene rings is 1. The summed E-state index contributed by atoms with van der Waals surface area (Å²) in [7, 11) is 0. The van der Waals surface area contributed by atoms with Crippen molar-refractivity contribution in [3.63, 3.8) is 0 Å². The van der Waals surface area contributed by atoms with Crippen LogP contribution in [0.2, 0.25) is 0 Å². The molecule has 0 N–H and O–H groups in total. The molecule has 0 fully saturated rings. The van der Waals surface area contributed by atoms with E-state index in [1.165, 1.54) is 0 Å². The van der Waals surface area contributed by atoms with Crippen molar-refractivity contribution in [1.82, 2.24) is 0 Å². The Labute approximate surface area is 69.8 Å². The van der Waals surface area contributed by atoms with E-state index in [9.17, 15) is 3.74 Å². The molecule has 0 aliphatic heterocycles. The molecular formula is C6H6AsN3O. The standard InChI is InChI=1S/C6H6AsN3O/c8-10-9-6-3-1-5(7-11)2-4-6/h1-4H,7H2. The van der Waals surface area contributed by atoms with Crippen molar-refractivity contribution in [2.75, 3.05) is 0 Å². The average molecular weight is 211 g/mol. The Morgan fingerprint density at radius 3 is 2.45 bits per heavy atom. The summed E-state index contributed by atoms with van der Waals surface area (Å²) in [6, 6.07) is 6.75. The van der Waals surface area contributed by atoms with Gasteiger partial charge in [-0.05, 0) is 0 Å². The van der Waals surface area contributed by atoms with Gasteiger partial charge < -0.3 is 0 Å². The summed E-state index contributed by atoms with van der Waals surface area (Å²) in [5.74, 6) is 0. The molecular weight excluding hydrogens is 205 g/mol. The van der Waals surface area contributed by atoms with Crippen LogP contribution in [0.3, 0.4) is 0 Å². The van der Waals surface area contributed by atoms with Gasteiger partial charge in [0.2, 0.25) is 0 Å². The van der Waals surface area contributed by atoms with Crippen LogP contribution in [0.1, 0.15) is 0 Å². The zero-order chi connectivity index (χ0) is 8.10. The first kappa shape index (κ1) is 7.99. The van der Waals surface area contributed by atoms with Crippen molar-refractivity contribution in [2.24, 2.45) is 5.11 Å². The quantitative estimate of drug-likeness (QED) is 0.308. The van der Waals surface area contributed by atoms with Crippen LogP contribution in [-0.4, -0.2) is 15.7 Å². The molecule has 1 rings (SSSR count). The Kier molecular flexibility index (Phi) is 2.84. The van der Waals surface area contributed by atoms with Crippen LogP contribution < -0.4 is 4.35 Å². The van der Waals surface area contributed by atoms with Gasteiger partial charge in [0.15, 0.2) is 0 Å². The summed E-state index contributed by atoms with van der Waals surface area (Å²) in [5, 5.41) is 3.38. The molecule has 1 unspecified atom stereocenters. The van der Waals surface area contributed by atoms with Gasteiger partial charge in [-0.15, -0.1) is 0 Å². The van der Waals surface area contributed by atoms with Gasteiger partial charge in [0.05, 0.1) is 0 Å². The van der Waals surface area contributed by atoms with Crippen LogP contribution in [0.25, 0.3) is 10.4 Å². The van der Waals surface area contributed by atoms with Gasteiger partial charge >= 0.3 is 69.3 Å². The second kappa shape index (κ2) is 3.91. The van der Waals surface area contributed by atoms with E-state index in [0.717, 1.165) is 4.35 Å². The average Bonchev–Trinajstić information content (AvgIpc) is 2.07. The molecule has 0 amide bonds. The summed E-state index contributed by atoms with van der Waals surface area (Å²) < 4.78 is 11.3. The van der Waals surface area contributed by atoms with Crippen molar-refractivity contribution in [3.8, 4) is 0 Å². The van der Waals surface area contributed by atoms with Gasteiger partial charge in [-0.1, -0.05) is 0 Å². The summed E-state index contributed by atoms with van der Waals surface area (Å²) in [6.45, 7) is 0. The Morgan fingerprint density at radius 1 is 1.36 bits per heavy atom. The number of rotatable bonds is 2. The topological polar surface area (TPSA) is 65.8 Å². The molecule has 0 aliphatic rings. The summed E-state index contributed by atoms with van der Waals surface area (Å²) >= 11 is -1.46. The van der Waals surface area contributed by atoms with Crippen molar-refractivity contribution in [2.45, 2.75) is 0 Å². The first-order valence-electron chi connectivity index (χ1n) is 2.97. The second-order valence-electron chi connectivity index (χ2n) is 1.90. The number of hydrogen-bond donors (Lipinski definition) is 0. The Bertz CT molecular complexity index is 302. The molecule has 1 aromatic rings. The summed E-state index contributed by atoms with van der Waals surface area (Å²) in [6.07, 6.45) is 0. The zero-order valence-corrected chi connectivity index (χ0v) is 8.06. The molecule has 0 heterocycles. The first-order chi connectivity index (χ1) is 5.36.